The zero-order valence-corrected chi connectivity index (χ0v) is 13.4. The van der Waals surface area contributed by atoms with Crippen LogP contribution >= 0.6 is 11.3 Å². The number of carbonyl (C=O) groups excluding carboxylic acids is 1. The SMILES string of the molecule is Cc1cc(-c2nnc(NC(=O)c3sc(C)nc3C)o2)c(C)o1. The molecule has 0 radical (unpaired) electrons. The van der Waals surface area contributed by atoms with E-state index in [1.165, 1.54) is 11.3 Å². The van der Waals surface area contributed by atoms with Gasteiger partial charge in [-0.05, 0) is 33.8 Å². The summed E-state index contributed by atoms with van der Waals surface area (Å²) in [5.41, 5.74) is 1.40. The molecule has 1 amide bonds. The molecular formula is C14H14N4O3S. The first-order chi connectivity index (χ1) is 10.4. The summed E-state index contributed by atoms with van der Waals surface area (Å²) in [6, 6.07) is 1.86. The Bertz CT molecular complexity index is 846. The fraction of sp³-hybridized carbons (Fsp3) is 0.286. The molecule has 0 fully saturated rings. The Morgan fingerprint density at radius 1 is 1.18 bits per heavy atom. The maximum absolute atomic E-state index is 12.2. The summed E-state index contributed by atoms with van der Waals surface area (Å²) in [5, 5.41) is 11.2. The highest BCUT2D eigenvalue weighted by molar-refractivity contribution is 7.13. The zero-order valence-electron chi connectivity index (χ0n) is 12.6. The van der Waals surface area contributed by atoms with E-state index in [0.717, 1.165) is 16.3 Å². The fourth-order valence-corrected chi connectivity index (χ4v) is 2.94. The van der Waals surface area contributed by atoms with E-state index in [9.17, 15) is 4.79 Å². The molecule has 0 saturated heterocycles. The largest absolute Gasteiger partial charge is 0.466 e. The summed E-state index contributed by atoms with van der Waals surface area (Å²) in [6.45, 7) is 7.29. The number of rotatable bonds is 3. The molecule has 114 valence electrons. The maximum atomic E-state index is 12.2. The average molecular weight is 318 g/mol. The first-order valence-electron chi connectivity index (χ1n) is 6.60. The molecule has 0 aliphatic rings. The Morgan fingerprint density at radius 2 is 1.95 bits per heavy atom. The van der Waals surface area contributed by atoms with Crippen molar-refractivity contribution >= 4 is 23.3 Å². The van der Waals surface area contributed by atoms with Crippen LogP contribution in [0.3, 0.4) is 0 Å². The molecule has 0 aromatic carbocycles. The van der Waals surface area contributed by atoms with E-state index in [-0.39, 0.29) is 11.9 Å². The average Bonchev–Trinajstić information content (AvgIpc) is 3.10. The number of furan rings is 1. The molecule has 0 atom stereocenters. The van der Waals surface area contributed by atoms with Gasteiger partial charge in [0.15, 0.2) is 0 Å². The first-order valence-corrected chi connectivity index (χ1v) is 7.42. The highest BCUT2D eigenvalue weighted by Crippen LogP contribution is 2.27. The molecule has 3 aromatic rings. The standard InChI is InChI=1S/C14H14N4O3S/c1-6-5-10(8(3)20-6)13-17-18-14(21-13)16-12(19)11-7(2)15-9(4)22-11/h5H,1-4H3,(H,16,18,19). The third kappa shape index (κ3) is 2.64. The molecular weight excluding hydrogens is 304 g/mol. The predicted octanol–water partition coefficient (Wildman–Crippen LogP) is 3.27. The van der Waals surface area contributed by atoms with Gasteiger partial charge in [0.1, 0.15) is 16.4 Å². The van der Waals surface area contributed by atoms with Crippen LogP contribution in [-0.2, 0) is 0 Å². The van der Waals surface area contributed by atoms with E-state index in [0.29, 0.717) is 22.2 Å². The Labute approximate surface area is 130 Å². The number of hydrogen-bond acceptors (Lipinski definition) is 7. The van der Waals surface area contributed by atoms with Crippen molar-refractivity contribution in [3.8, 4) is 11.5 Å². The molecule has 0 unspecified atom stereocenters. The molecule has 8 heteroatoms. The molecule has 0 bridgehead atoms. The van der Waals surface area contributed by atoms with Gasteiger partial charge in [-0.2, -0.15) is 0 Å². The van der Waals surface area contributed by atoms with Crippen LogP contribution in [0.1, 0.15) is 31.9 Å². The number of anilines is 1. The van der Waals surface area contributed by atoms with E-state index in [4.69, 9.17) is 8.83 Å². The van der Waals surface area contributed by atoms with Gasteiger partial charge in [-0.25, -0.2) is 4.98 Å². The summed E-state index contributed by atoms with van der Waals surface area (Å²) < 4.78 is 10.9. The lowest BCUT2D eigenvalue weighted by Gasteiger charge is -1.97. The Morgan fingerprint density at radius 3 is 2.55 bits per heavy atom. The van der Waals surface area contributed by atoms with Crippen molar-refractivity contribution in [1.29, 1.82) is 0 Å². The Hall–Kier alpha value is -2.48. The minimum absolute atomic E-state index is 0.0451. The van der Waals surface area contributed by atoms with Crippen LogP contribution in [0, 0.1) is 27.7 Å². The van der Waals surface area contributed by atoms with Gasteiger partial charge in [-0.3, -0.25) is 10.1 Å². The van der Waals surface area contributed by atoms with E-state index in [1.807, 2.05) is 26.8 Å². The van der Waals surface area contributed by atoms with Crippen molar-refractivity contribution in [2.24, 2.45) is 0 Å². The lowest BCUT2D eigenvalue weighted by atomic mass is 10.2. The summed E-state index contributed by atoms with van der Waals surface area (Å²) in [6.07, 6.45) is 0. The van der Waals surface area contributed by atoms with Crippen molar-refractivity contribution in [2.45, 2.75) is 27.7 Å². The highest BCUT2D eigenvalue weighted by atomic mass is 32.1. The van der Waals surface area contributed by atoms with Crippen molar-refractivity contribution < 1.29 is 13.6 Å². The van der Waals surface area contributed by atoms with Gasteiger partial charge in [-0.15, -0.1) is 16.4 Å². The van der Waals surface area contributed by atoms with Gasteiger partial charge in [0, 0.05) is 0 Å². The van der Waals surface area contributed by atoms with E-state index in [2.05, 4.69) is 20.5 Å². The van der Waals surface area contributed by atoms with Crippen LogP contribution in [-0.4, -0.2) is 21.1 Å². The molecule has 7 nitrogen and oxygen atoms in total. The summed E-state index contributed by atoms with van der Waals surface area (Å²) in [4.78, 5) is 16.9. The highest BCUT2D eigenvalue weighted by Gasteiger charge is 2.19. The molecule has 0 aliphatic carbocycles. The van der Waals surface area contributed by atoms with Gasteiger partial charge < -0.3 is 8.83 Å². The maximum Gasteiger partial charge on any atom is 0.322 e. The van der Waals surface area contributed by atoms with Crippen LogP contribution in [0.4, 0.5) is 6.01 Å². The number of nitrogens with one attached hydrogen (secondary N) is 1. The normalized spacial score (nSPS) is 10.9. The summed E-state index contributed by atoms with van der Waals surface area (Å²) in [7, 11) is 0. The van der Waals surface area contributed by atoms with E-state index < -0.39 is 0 Å². The van der Waals surface area contributed by atoms with Crippen LogP contribution < -0.4 is 5.32 Å². The second-order valence-corrected chi connectivity index (χ2v) is 6.04. The topological polar surface area (TPSA) is 94.1 Å². The molecule has 22 heavy (non-hydrogen) atoms. The van der Waals surface area contributed by atoms with E-state index in [1.54, 1.807) is 6.92 Å². The van der Waals surface area contributed by atoms with Gasteiger partial charge >= 0.3 is 6.01 Å². The molecule has 0 aliphatic heterocycles. The Kier molecular flexibility index (Phi) is 3.53. The second kappa shape index (κ2) is 5.38. The van der Waals surface area contributed by atoms with Crippen molar-refractivity contribution in [2.75, 3.05) is 5.32 Å². The van der Waals surface area contributed by atoms with Crippen molar-refractivity contribution in [3.63, 3.8) is 0 Å². The minimum Gasteiger partial charge on any atom is -0.466 e. The predicted molar refractivity (Wildman–Crippen MR) is 81.0 cm³/mol. The number of nitrogens with zero attached hydrogens (tertiary/aromatic N) is 3. The number of hydrogen-bond donors (Lipinski definition) is 1. The number of amides is 1. The van der Waals surface area contributed by atoms with Gasteiger partial charge in [0.25, 0.3) is 11.8 Å². The third-order valence-corrected chi connectivity index (χ3v) is 4.10. The monoisotopic (exact) mass is 318 g/mol. The van der Waals surface area contributed by atoms with Crippen LogP contribution in [0.2, 0.25) is 0 Å². The van der Waals surface area contributed by atoms with E-state index >= 15 is 0 Å². The lowest BCUT2D eigenvalue weighted by molar-refractivity contribution is 0.102. The molecule has 1 N–H and O–H groups in total. The lowest BCUT2D eigenvalue weighted by Crippen LogP contribution is -2.11. The van der Waals surface area contributed by atoms with Gasteiger partial charge in [0.2, 0.25) is 0 Å². The quantitative estimate of drug-likeness (QED) is 0.796. The number of aryl methyl sites for hydroxylation is 4. The molecule has 3 aromatic heterocycles. The van der Waals surface area contributed by atoms with Gasteiger partial charge in [-0.1, -0.05) is 5.10 Å². The van der Waals surface area contributed by atoms with Crippen molar-refractivity contribution in [1.82, 2.24) is 15.2 Å². The van der Waals surface area contributed by atoms with Crippen molar-refractivity contribution in [3.05, 3.63) is 33.2 Å². The van der Waals surface area contributed by atoms with Crippen LogP contribution in [0.5, 0.6) is 0 Å². The van der Waals surface area contributed by atoms with Gasteiger partial charge in [0.05, 0.1) is 16.3 Å². The first kappa shape index (κ1) is 14.5. The molecule has 0 saturated carbocycles. The number of carbonyl (C=O) groups is 1. The Balaban J connectivity index is 1.81. The smallest absolute Gasteiger partial charge is 0.322 e. The summed E-state index contributed by atoms with van der Waals surface area (Å²) >= 11 is 1.32. The zero-order chi connectivity index (χ0) is 15.9. The van der Waals surface area contributed by atoms with Crippen LogP contribution in [0.25, 0.3) is 11.5 Å². The molecule has 3 rings (SSSR count). The summed E-state index contributed by atoms with van der Waals surface area (Å²) in [5.74, 6) is 1.44. The molecule has 3 heterocycles. The fourth-order valence-electron chi connectivity index (χ4n) is 2.12. The molecule has 0 spiro atoms. The minimum atomic E-state index is -0.307. The number of aromatic nitrogens is 3. The number of thiazole rings is 1. The third-order valence-electron chi connectivity index (χ3n) is 3.03. The second-order valence-electron chi connectivity index (χ2n) is 4.84. The van der Waals surface area contributed by atoms with Crippen LogP contribution in [0.15, 0.2) is 14.9 Å².